The molecule has 0 aliphatic heterocycles. The predicted octanol–water partition coefficient (Wildman–Crippen LogP) is 0.527. The van der Waals surface area contributed by atoms with Crippen LogP contribution in [0.4, 0.5) is 0 Å². The first-order chi connectivity index (χ1) is 2.00. The molecule has 4 heavy (non-hydrogen) atoms. The molecule has 0 bridgehead atoms. The van der Waals surface area contributed by atoms with Gasteiger partial charge in [-0.1, -0.05) is 0 Å². The second-order valence-electron chi connectivity index (χ2n) is 0. The van der Waals surface area contributed by atoms with Crippen LogP contribution in [0.5, 0.6) is 0 Å². The van der Waals surface area contributed by atoms with Crippen molar-refractivity contribution in [2.24, 2.45) is 0 Å². The Morgan fingerprint density at radius 3 is 1.50 bits per heavy atom. The quantitative estimate of drug-likeness (QED) is 0.586. The molecule has 0 amide bonds. The summed E-state index contributed by atoms with van der Waals surface area (Å²) >= 11 is 1.01. The summed E-state index contributed by atoms with van der Waals surface area (Å²) in [5.74, 6) is 0. The average molecular weight is 254 g/mol. The Hall–Kier alpha value is 2.02. The first-order valence-electron chi connectivity index (χ1n) is 0.493. The van der Waals surface area contributed by atoms with Gasteiger partial charge in [-0.2, -0.15) is 0 Å². The van der Waals surface area contributed by atoms with E-state index >= 15 is 0 Å². The molecule has 0 atom stereocenters. The third-order valence-corrected chi connectivity index (χ3v) is 0. The summed E-state index contributed by atoms with van der Waals surface area (Å²) in [5.41, 5.74) is 0. The molecule has 0 aromatic carbocycles. The van der Waals surface area contributed by atoms with Gasteiger partial charge >= 0.3 is 67.4 Å². The molecule has 0 fully saturated rings. The second-order valence-corrected chi connectivity index (χ2v) is 0. The minimum absolute atomic E-state index is 0.0556. The second kappa shape index (κ2) is 19.9. The van der Waals surface area contributed by atoms with Crippen LogP contribution in [0.2, 0.25) is 0 Å². The fourth-order valence-electron chi connectivity index (χ4n) is 0. The van der Waals surface area contributed by atoms with Crippen molar-refractivity contribution in [3.8, 4) is 0 Å². The van der Waals surface area contributed by atoms with Crippen LogP contribution in [0.3, 0.4) is 0 Å². The summed E-state index contributed by atoms with van der Waals surface area (Å²) < 4.78 is 8.39. The predicted molar refractivity (Wildman–Crippen MR) is 8.28 cm³/mol. The van der Waals surface area contributed by atoms with Gasteiger partial charge in [-0.15, -0.1) is 0 Å². The molecule has 0 aliphatic carbocycles. The van der Waals surface area contributed by atoms with Gasteiger partial charge in [0.15, 0.2) is 0 Å². The van der Waals surface area contributed by atoms with E-state index in [2.05, 4.69) is 10.1 Å². The average Bonchev–Trinajstić information content (AvgIpc) is 1.50. The summed E-state index contributed by atoms with van der Waals surface area (Å²) in [4.78, 5) is 0. The minimum atomic E-state index is 0.0556. The molecule has 0 heterocycles. The molecule has 0 aliphatic rings. The van der Waals surface area contributed by atoms with Crippen LogP contribution in [0, 0.1) is 39.8 Å². The number of hydrogen-bond donors (Lipinski definition) is 0. The third kappa shape index (κ3) is 8.99. The summed E-state index contributed by atoms with van der Waals surface area (Å²) in [5, 5.41) is 0. The van der Waals surface area contributed by atoms with E-state index in [4.69, 9.17) is 0.938 Å². The Morgan fingerprint density at radius 1 is 1.50 bits per heavy atom. The number of hydrogen-bond acceptors (Lipinski definition) is 2. The van der Waals surface area contributed by atoms with Crippen LogP contribution in [-0.2, 0) is 17.5 Å². The SMILES string of the molecule is [O]=[Ce].[S]=[Zn]. The molecule has 0 saturated carbocycles. The molecule has 0 aromatic rings. The molecular weight excluding hydrogens is 254 g/mol. The molecule has 0 saturated heterocycles. The molecule has 0 radical (unpaired) electrons. The molecular formula is CeOSZn. The van der Waals surface area contributed by atoms with E-state index in [0.29, 0.717) is 0 Å². The Kier molecular flexibility index (Phi) is 46.7. The van der Waals surface area contributed by atoms with Crippen LogP contribution in [0.25, 0.3) is 0 Å². The van der Waals surface area contributed by atoms with Crippen molar-refractivity contribution < 1.29 is 57.3 Å². The Labute approximate surface area is 66.0 Å². The van der Waals surface area contributed by atoms with Crippen LogP contribution in [0.1, 0.15) is 0 Å². The van der Waals surface area contributed by atoms with Gasteiger partial charge in [-0.3, -0.25) is 0 Å². The molecule has 1 nitrogen and oxygen atoms in total. The van der Waals surface area contributed by atoms with Gasteiger partial charge in [0.05, 0.1) is 0 Å². The van der Waals surface area contributed by atoms with Gasteiger partial charge in [0.2, 0.25) is 0 Å². The third-order valence-electron chi connectivity index (χ3n) is 0. The monoisotopic (exact) mass is 252 g/mol. The van der Waals surface area contributed by atoms with Crippen molar-refractivity contribution in [2.75, 3.05) is 0 Å². The summed E-state index contributed by atoms with van der Waals surface area (Å²) in [6.07, 6.45) is 0. The van der Waals surface area contributed by atoms with Crippen molar-refractivity contribution in [3.05, 3.63) is 0 Å². The normalized spacial score (nSPS) is 2.25. The van der Waals surface area contributed by atoms with E-state index in [1.165, 1.54) is 0 Å². The molecule has 0 rings (SSSR count). The zero-order valence-electron chi connectivity index (χ0n) is 2.02. The topological polar surface area (TPSA) is 17.1 Å². The van der Waals surface area contributed by atoms with Gasteiger partial charge < -0.3 is 0 Å². The van der Waals surface area contributed by atoms with E-state index in [-0.39, 0.29) is 39.8 Å². The summed E-state index contributed by atoms with van der Waals surface area (Å²) in [6.45, 7) is 0. The van der Waals surface area contributed by atoms with E-state index in [0.717, 1.165) is 16.6 Å². The van der Waals surface area contributed by atoms with Gasteiger partial charge in [-0.25, -0.2) is 0 Å². The van der Waals surface area contributed by atoms with Gasteiger partial charge in [0, 0.05) is 0 Å². The maximum atomic E-state index is 8.39. The van der Waals surface area contributed by atoms with E-state index in [1.807, 2.05) is 0 Å². The molecule has 0 N–H and O–H groups in total. The van der Waals surface area contributed by atoms with Crippen molar-refractivity contribution >= 4 is 10.1 Å². The fraction of sp³-hybridized carbons (Fsp3) is 0. The first kappa shape index (κ1) is 9.39. The molecule has 0 unspecified atom stereocenters. The van der Waals surface area contributed by atoms with E-state index in [1.54, 1.807) is 0 Å². The molecule has 0 aromatic heterocycles. The molecule has 4 heteroatoms. The van der Waals surface area contributed by atoms with Crippen molar-refractivity contribution in [1.29, 1.82) is 0 Å². The van der Waals surface area contributed by atoms with Crippen LogP contribution >= 0.6 is 10.1 Å². The van der Waals surface area contributed by atoms with Crippen molar-refractivity contribution in [3.63, 3.8) is 0 Å². The molecule has 18 valence electrons. The zero-order chi connectivity index (χ0) is 4.00. The van der Waals surface area contributed by atoms with Gasteiger partial charge in [0.25, 0.3) is 0 Å². The zero-order valence-corrected chi connectivity index (χ0v) is 8.95. The van der Waals surface area contributed by atoms with Crippen molar-refractivity contribution in [2.45, 2.75) is 0 Å². The van der Waals surface area contributed by atoms with Crippen LogP contribution in [-0.4, -0.2) is 0 Å². The van der Waals surface area contributed by atoms with E-state index < -0.39 is 0 Å². The fourth-order valence-corrected chi connectivity index (χ4v) is 0. The Balaban J connectivity index is 0. The Bertz CT molecular complexity index is 10.0. The molecule has 0 spiro atoms. The first-order valence-corrected chi connectivity index (χ1v) is 5.99. The van der Waals surface area contributed by atoms with Crippen molar-refractivity contribution in [1.82, 2.24) is 0 Å². The van der Waals surface area contributed by atoms with Gasteiger partial charge in [-0.05, 0) is 0 Å². The standard InChI is InChI=1S/Ce.O.S.Zn. The Morgan fingerprint density at radius 2 is 1.50 bits per heavy atom. The summed E-state index contributed by atoms with van der Waals surface area (Å²) in [6, 6.07) is 0. The number of rotatable bonds is 0. The van der Waals surface area contributed by atoms with Gasteiger partial charge in [0.1, 0.15) is 0 Å². The van der Waals surface area contributed by atoms with E-state index in [9.17, 15) is 0 Å². The summed E-state index contributed by atoms with van der Waals surface area (Å²) in [7, 11) is 4.21. The maximum absolute atomic E-state index is 8.39. The van der Waals surface area contributed by atoms with Crippen LogP contribution in [0.15, 0.2) is 0 Å². The van der Waals surface area contributed by atoms with Crippen LogP contribution < -0.4 is 0 Å².